The molecule has 0 N–H and O–H groups in total. The summed E-state index contributed by atoms with van der Waals surface area (Å²) in [6, 6.07) is 4.38. The number of carbonyl (C=O) groups is 1. The van der Waals surface area contributed by atoms with E-state index in [1.165, 1.54) is 53.0 Å². The van der Waals surface area contributed by atoms with E-state index < -0.39 is 15.8 Å². The molecule has 1 saturated heterocycles. The van der Waals surface area contributed by atoms with Gasteiger partial charge in [0.2, 0.25) is 10.0 Å². The molecule has 0 saturated carbocycles. The van der Waals surface area contributed by atoms with Crippen molar-refractivity contribution in [2.24, 2.45) is 7.05 Å². The molecule has 8 nitrogen and oxygen atoms in total. The van der Waals surface area contributed by atoms with Crippen LogP contribution in [0.15, 0.2) is 32.3 Å². The number of methoxy groups -OCH3 is 1. The van der Waals surface area contributed by atoms with Gasteiger partial charge < -0.3 is 9.15 Å². The molecule has 1 aliphatic rings. The number of benzene rings is 1. The number of aromatic nitrogens is 1. The molecule has 0 bridgehead atoms. The van der Waals surface area contributed by atoms with E-state index in [2.05, 4.69) is 4.74 Å². The number of nitrogens with zero attached hydrogens (tertiary/aromatic N) is 2. The lowest BCUT2D eigenvalue weighted by atomic mass is 10.3. The monoisotopic (exact) mass is 386 g/mol. The number of thioether (sulfide) groups is 1. The van der Waals surface area contributed by atoms with Crippen LogP contribution < -0.4 is 5.76 Å². The molecule has 10 heteroatoms. The summed E-state index contributed by atoms with van der Waals surface area (Å²) in [7, 11) is -0.813. The maximum Gasteiger partial charge on any atom is 0.419 e. The third-order valence-electron chi connectivity index (χ3n) is 4.17. The van der Waals surface area contributed by atoms with E-state index in [0.717, 1.165) is 0 Å². The Labute approximate surface area is 148 Å². The highest BCUT2D eigenvalue weighted by Crippen LogP contribution is 2.28. The van der Waals surface area contributed by atoms with Crippen LogP contribution in [0.25, 0.3) is 11.1 Å². The van der Waals surface area contributed by atoms with Crippen molar-refractivity contribution in [1.29, 1.82) is 0 Å². The Morgan fingerprint density at radius 3 is 2.92 bits per heavy atom. The largest absolute Gasteiger partial charge is 0.468 e. The Hall–Kier alpha value is -1.78. The molecular formula is C15H18N2O6S2. The van der Waals surface area contributed by atoms with Crippen LogP contribution in [0.3, 0.4) is 0 Å². The number of ether oxygens (including phenoxy) is 1. The number of hydrogen-bond donors (Lipinski definition) is 0. The summed E-state index contributed by atoms with van der Waals surface area (Å²) < 4.78 is 38.0. The standard InChI is InChI=1S/C15H18N2O6S2/c1-16-12-7-11(3-4-13(12)23-15(16)19)25(20,21)17-6-5-10(8-17)24-9-14(18)22-2/h3-4,7,10H,5-6,8-9H2,1-2H3/t10-/m0/s1. The van der Waals surface area contributed by atoms with Crippen molar-refractivity contribution >= 4 is 38.9 Å². The first-order chi connectivity index (χ1) is 11.8. The predicted octanol–water partition coefficient (Wildman–Crippen LogP) is 0.801. The molecule has 1 aliphatic heterocycles. The molecule has 2 heterocycles. The summed E-state index contributed by atoms with van der Waals surface area (Å²) in [5.74, 6) is -0.652. The minimum absolute atomic E-state index is 0.0517. The van der Waals surface area contributed by atoms with Gasteiger partial charge in [0.1, 0.15) is 0 Å². The van der Waals surface area contributed by atoms with Crippen molar-refractivity contribution in [3.05, 3.63) is 28.7 Å². The molecule has 0 radical (unpaired) electrons. The maximum absolute atomic E-state index is 12.8. The van der Waals surface area contributed by atoms with Crippen LogP contribution in [0, 0.1) is 0 Å². The van der Waals surface area contributed by atoms with Crippen molar-refractivity contribution in [2.75, 3.05) is 26.0 Å². The van der Waals surface area contributed by atoms with Crippen LogP contribution in [0.5, 0.6) is 0 Å². The van der Waals surface area contributed by atoms with Gasteiger partial charge in [-0.15, -0.1) is 11.8 Å². The second-order valence-corrected chi connectivity index (χ2v) is 8.94. The summed E-state index contributed by atoms with van der Waals surface area (Å²) in [5.41, 5.74) is 0.779. The Morgan fingerprint density at radius 2 is 2.20 bits per heavy atom. The summed E-state index contributed by atoms with van der Waals surface area (Å²) in [5, 5.41) is 0.0517. The van der Waals surface area contributed by atoms with E-state index >= 15 is 0 Å². The second kappa shape index (κ2) is 6.85. The number of fused-ring (bicyclic) bond motifs is 1. The molecule has 1 atom stereocenters. The highest BCUT2D eigenvalue weighted by Gasteiger charge is 2.33. The van der Waals surface area contributed by atoms with E-state index in [1.54, 1.807) is 0 Å². The van der Waals surface area contributed by atoms with E-state index in [9.17, 15) is 18.0 Å². The van der Waals surface area contributed by atoms with Crippen molar-refractivity contribution < 1.29 is 22.4 Å². The molecule has 0 amide bonds. The van der Waals surface area contributed by atoms with Crippen LogP contribution in [-0.2, 0) is 26.6 Å². The van der Waals surface area contributed by atoms with Crippen LogP contribution >= 0.6 is 11.8 Å². The Morgan fingerprint density at radius 1 is 1.44 bits per heavy atom. The van der Waals surface area contributed by atoms with E-state index in [0.29, 0.717) is 30.6 Å². The summed E-state index contributed by atoms with van der Waals surface area (Å²) in [6.45, 7) is 0.732. The van der Waals surface area contributed by atoms with Gasteiger partial charge >= 0.3 is 11.7 Å². The molecule has 25 heavy (non-hydrogen) atoms. The summed E-state index contributed by atoms with van der Waals surface area (Å²) in [6.07, 6.45) is 0.674. The van der Waals surface area contributed by atoms with Crippen LogP contribution in [0.2, 0.25) is 0 Å². The van der Waals surface area contributed by atoms with Crippen molar-refractivity contribution in [1.82, 2.24) is 8.87 Å². The fraction of sp³-hybridized carbons (Fsp3) is 0.467. The van der Waals surface area contributed by atoms with Crippen molar-refractivity contribution in [3.8, 4) is 0 Å². The van der Waals surface area contributed by atoms with E-state index in [4.69, 9.17) is 4.42 Å². The first kappa shape index (κ1) is 18.0. The first-order valence-electron chi connectivity index (χ1n) is 7.61. The molecule has 1 aromatic heterocycles. The first-order valence-corrected chi connectivity index (χ1v) is 10.1. The number of oxazole rings is 1. The van der Waals surface area contributed by atoms with Gasteiger partial charge in [0.05, 0.1) is 23.3 Å². The van der Waals surface area contributed by atoms with E-state index in [1.807, 2.05) is 0 Å². The number of rotatable bonds is 5. The minimum Gasteiger partial charge on any atom is -0.468 e. The zero-order chi connectivity index (χ0) is 18.2. The fourth-order valence-corrected chi connectivity index (χ4v) is 5.37. The molecular weight excluding hydrogens is 368 g/mol. The van der Waals surface area contributed by atoms with Gasteiger partial charge in [-0.2, -0.15) is 4.31 Å². The third kappa shape index (κ3) is 3.46. The quantitative estimate of drug-likeness (QED) is 0.701. The van der Waals surface area contributed by atoms with Gasteiger partial charge in [-0.1, -0.05) is 0 Å². The lowest BCUT2D eigenvalue weighted by Gasteiger charge is -2.16. The molecule has 1 aromatic carbocycles. The molecule has 136 valence electrons. The SMILES string of the molecule is COC(=O)CS[C@H]1CCN(S(=O)(=O)c2ccc3oc(=O)n(C)c3c2)C1. The normalized spacial score (nSPS) is 18.7. The Bertz CT molecular complexity index is 962. The average Bonchev–Trinajstić information content (AvgIpc) is 3.18. The van der Waals surface area contributed by atoms with Crippen LogP contribution in [0.1, 0.15) is 6.42 Å². The highest BCUT2D eigenvalue weighted by atomic mass is 32.2. The molecule has 0 unspecified atom stereocenters. The topological polar surface area (TPSA) is 98.8 Å². The number of sulfonamides is 1. The zero-order valence-electron chi connectivity index (χ0n) is 13.8. The van der Waals surface area contributed by atoms with Crippen LogP contribution in [-0.4, -0.2) is 54.5 Å². The van der Waals surface area contributed by atoms with Crippen molar-refractivity contribution in [3.63, 3.8) is 0 Å². The van der Waals surface area contributed by atoms with Crippen molar-refractivity contribution in [2.45, 2.75) is 16.6 Å². The van der Waals surface area contributed by atoms with Crippen LogP contribution in [0.4, 0.5) is 0 Å². The van der Waals surface area contributed by atoms with Gasteiger partial charge in [-0.25, -0.2) is 13.2 Å². The van der Waals surface area contributed by atoms with Gasteiger partial charge in [-0.05, 0) is 24.6 Å². The van der Waals surface area contributed by atoms with E-state index in [-0.39, 0.29) is 21.9 Å². The molecule has 2 aromatic rings. The minimum atomic E-state index is -3.67. The van der Waals surface area contributed by atoms with Gasteiger partial charge in [0.15, 0.2) is 5.58 Å². The number of esters is 1. The molecule has 0 spiro atoms. The molecule has 3 rings (SSSR count). The van der Waals surface area contributed by atoms with Gasteiger partial charge in [0.25, 0.3) is 0 Å². The average molecular weight is 386 g/mol. The predicted molar refractivity (Wildman–Crippen MR) is 93.1 cm³/mol. The number of hydrogen-bond acceptors (Lipinski definition) is 7. The zero-order valence-corrected chi connectivity index (χ0v) is 15.4. The third-order valence-corrected chi connectivity index (χ3v) is 7.29. The van der Waals surface area contributed by atoms with Gasteiger partial charge in [0, 0.05) is 25.4 Å². The summed E-state index contributed by atoms with van der Waals surface area (Å²) in [4.78, 5) is 22.9. The Balaban J connectivity index is 1.79. The maximum atomic E-state index is 12.8. The smallest absolute Gasteiger partial charge is 0.419 e. The second-order valence-electron chi connectivity index (χ2n) is 5.72. The summed E-state index contributed by atoms with van der Waals surface area (Å²) >= 11 is 1.40. The Kier molecular flexibility index (Phi) is 4.94. The number of carbonyl (C=O) groups excluding carboxylic acids is 1. The number of aryl methyl sites for hydroxylation is 1. The lowest BCUT2D eigenvalue weighted by Crippen LogP contribution is -2.29. The highest BCUT2D eigenvalue weighted by molar-refractivity contribution is 8.00. The van der Waals surface area contributed by atoms with Gasteiger partial charge in [-0.3, -0.25) is 9.36 Å². The molecule has 1 fully saturated rings. The lowest BCUT2D eigenvalue weighted by molar-refractivity contribution is -0.137. The molecule has 0 aliphatic carbocycles. The fourth-order valence-electron chi connectivity index (χ4n) is 2.71.